The molecule has 1 fully saturated rings. The van der Waals surface area contributed by atoms with Crippen LogP contribution in [0.5, 0.6) is 0 Å². The Morgan fingerprint density at radius 3 is 2.60 bits per heavy atom. The minimum absolute atomic E-state index is 0.0847. The summed E-state index contributed by atoms with van der Waals surface area (Å²) >= 11 is 0. The van der Waals surface area contributed by atoms with E-state index in [2.05, 4.69) is 0 Å². The summed E-state index contributed by atoms with van der Waals surface area (Å²) in [7, 11) is 0. The molecule has 2 amide bonds. The highest BCUT2D eigenvalue weighted by Gasteiger charge is 2.29. The van der Waals surface area contributed by atoms with E-state index < -0.39 is 6.04 Å². The average Bonchev–Trinajstić information content (AvgIpc) is 2.87. The quantitative estimate of drug-likeness (QED) is 0.837. The van der Waals surface area contributed by atoms with Gasteiger partial charge in [0.05, 0.1) is 12.6 Å². The van der Waals surface area contributed by atoms with Crippen molar-refractivity contribution in [3.63, 3.8) is 0 Å². The Hall–Kier alpha value is -2.18. The first kappa shape index (κ1) is 12.8. The molecule has 6 nitrogen and oxygen atoms in total. The number of furan rings is 1. The van der Waals surface area contributed by atoms with Gasteiger partial charge >= 0.3 is 0 Å². The van der Waals surface area contributed by atoms with Crippen molar-refractivity contribution in [3.05, 3.63) is 36.1 Å². The highest BCUT2D eigenvalue weighted by atomic mass is 16.5. The average molecular weight is 274 g/mol. The number of amides is 2. The van der Waals surface area contributed by atoms with Gasteiger partial charge in [-0.15, -0.1) is 0 Å². The van der Waals surface area contributed by atoms with E-state index in [1.165, 1.54) is 0 Å². The highest BCUT2D eigenvalue weighted by Crippen LogP contribution is 2.23. The number of carbonyl (C=O) groups excluding carboxylic acids is 2. The van der Waals surface area contributed by atoms with Crippen molar-refractivity contribution < 1.29 is 18.7 Å². The van der Waals surface area contributed by atoms with Gasteiger partial charge in [0.15, 0.2) is 0 Å². The molecule has 1 aliphatic heterocycles. The minimum atomic E-state index is -0.548. The third-order valence-corrected chi connectivity index (χ3v) is 3.24. The molecule has 2 N–H and O–H groups in total. The van der Waals surface area contributed by atoms with Gasteiger partial charge in [0.1, 0.15) is 24.6 Å². The maximum absolute atomic E-state index is 11.6. The summed E-state index contributed by atoms with van der Waals surface area (Å²) in [5.41, 5.74) is 6.77. The number of morpholine rings is 1. The molecule has 1 saturated heterocycles. The molecule has 1 aliphatic rings. The number of carbonyl (C=O) groups is 2. The fraction of sp³-hybridized carbons (Fsp3) is 0.286. The predicted molar refractivity (Wildman–Crippen MR) is 70.7 cm³/mol. The molecule has 2 aromatic rings. The van der Waals surface area contributed by atoms with E-state index in [-0.39, 0.29) is 31.6 Å². The lowest BCUT2D eigenvalue weighted by molar-refractivity contribution is -0.158. The molecule has 1 unspecified atom stereocenters. The van der Waals surface area contributed by atoms with Crippen molar-refractivity contribution in [2.75, 3.05) is 19.8 Å². The number of benzene rings is 1. The molecular weight excluding hydrogens is 260 g/mol. The molecule has 6 heteroatoms. The number of para-hydroxylation sites is 1. The fourth-order valence-corrected chi connectivity index (χ4v) is 2.20. The third kappa shape index (κ3) is 2.31. The Morgan fingerprint density at radius 1 is 1.20 bits per heavy atom. The van der Waals surface area contributed by atoms with Crippen LogP contribution in [-0.4, -0.2) is 36.5 Å². The number of fused-ring (bicyclic) bond motifs is 1. The van der Waals surface area contributed by atoms with Gasteiger partial charge in [0.2, 0.25) is 0 Å². The molecule has 0 aliphatic carbocycles. The minimum Gasteiger partial charge on any atom is -0.459 e. The van der Waals surface area contributed by atoms with E-state index in [4.69, 9.17) is 14.9 Å². The van der Waals surface area contributed by atoms with Crippen molar-refractivity contribution in [2.24, 2.45) is 5.73 Å². The zero-order valence-corrected chi connectivity index (χ0v) is 10.7. The number of hydrogen-bond acceptors (Lipinski definition) is 5. The van der Waals surface area contributed by atoms with Crippen molar-refractivity contribution >= 4 is 22.8 Å². The molecular formula is C14H14N2O4. The van der Waals surface area contributed by atoms with Crippen LogP contribution in [0.3, 0.4) is 0 Å². The Kier molecular flexibility index (Phi) is 3.25. The molecule has 1 atom stereocenters. The summed E-state index contributed by atoms with van der Waals surface area (Å²) in [6, 6.07) is 8.82. The monoisotopic (exact) mass is 274 g/mol. The second-order valence-corrected chi connectivity index (χ2v) is 4.68. The number of hydrogen-bond donors (Lipinski definition) is 1. The fourth-order valence-electron chi connectivity index (χ4n) is 2.20. The Bertz CT molecular complexity index is 615. The van der Waals surface area contributed by atoms with E-state index >= 15 is 0 Å². The standard InChI is InChI=1S/C14H14N2O4/c15-10(6-16-13(17)7-19-8-14(16)18)12-5-9-3-1-2-4-11(9)20-12/h1-5,10H,6-8,15H2. The maximum Gasteiger partial charge on any atom is 0.255 e. The molecule has 20 heavy (non-hydrogen) atoms. The van der Waals surface area contributed by atoms with Crippen LogP contribution < -0.4 is 5.73 Å². The van der Waals surface area contributed by atoms with Crippen LogP contribution in [0.1, 0.15) is 11.8 Å². The maximum atomic E-state index is 11.6. The zero-order valence-electron chi connectivity index (χ0n) is 10.7. The lowest BCUT2D eigenvalue weighted by Crippen LogP contribution is -2.48. The predicted octanol–water partition coefficient (Wildman–Crippen LogP) is 0.818. The second-order valence-electron chi connectivity index (χ2n) is 4.68. The van der Waals surface area contributed by atoms with Crippen LogP contribution >= 0.6 is 0 Å². The first-order valence-corrected chi connectivity index (χ1v) is 6.30. The molecule has 1 aromatic heterocycles. The van der Waals surface area contributed by atoms with Crippen LogP contribution in [0.25, 0.3) is 11.0 Å². The number of nitrogens with two attached hydrogens (primary N) is 1. The Balaban J connectivity index is 1.79. The van der Waals surface area contributed by atoms with E-state index in [0.717, 1.165) is 15.9 Å². The van der Waals surface area contributed by atoms with Crippen molar-refractivity contribution in [1.82, 2.24) is 4.90 Å². The largest absolute Gasteiger partial charge is 0.459 e. The van der Waals surface area contributed by atoms with E-state index in [0.29, 0.717) is 5.76 Å². The van der Waals surface area contributed by atoms with Gasteiger partial charge < -0.3 is 14.9 Å². The molecule has 1 aromatic carbocycles. The summed E-state index contributed by atoms with van der Waals surface area (Å²) in [5, 5.41) is 0.942. The van der Waals surface area contributed by atoms with Gasteiger partial charge in [-0.25, -0.2) is 0 Å². The van der Waals surface area contributed by atoms with Gasteiger partial charge in [0.25, 0.3) is 11.8 Å². The lowest BCUT2D eigenvalue weighted by atomic mass is 10.2. The van der Waals surface area contributed by atoms with E-state index in [1.807, 2.05) is 30.3 Å². The smallest absolute Gasteiger partial charge is 0.255 e. The number of imide groups is 1. The second kappa shape index (κ2) is 5.07. The molecule has 0 radical (unpaired) electrons. The summed E-state index contributed by atoms with van der Waals surface area (Å²) in [6.07, 6.45) is 0. The van der Waals surface area contributed by atoms with Crippen LogP contribution in [0.15, 0.2) is 34.7 Å². The van der Waals surface area contributed by atoms with Crippen LogP contribution in [0.2, 0.25) is 0 Å². The first-order chi connectivity index (χ1) is 9.65. The third-order valence-electron chi connectivity index (χ3n) is 3.24. The Labute approximate surface area is 115 Å². The molecule has 0 bridgehead atoms. The normalized spacial score (nSPS) is 17.8. The topological polar surface area (TPSA) is 85.8 Å². The first-order valence-electron chi connectivity index (χ1n) is 6.30. The van der Waals surface area contributed by atoms with Crippen LogP contribution in [-0.2, 0) is 14.3 Å². The van der Waals surface area contributed by atoms with Gasteiger partial charge in [-0.1, -0.05) is 18.2 Å². The number of nitrogens with zero attached hydrogens (tertiary/aromatic N) is 1. The van der Waals surface area contributed by atoms with E-state index in [1.54, 1.807) is 0 Å². The molecule has 0 saturated carbocycles. The molecule has 3 rings (SSSR count). The van der Waals surface area contributed by atoms with Crippen LogP contribution in [0, 0.1) is 0 Å². The van der Waals surface area contributed by atoms with Gasteiger partial charge in [-0.05, 0) is 12.1 Å². The van der Waals surface area contributed by atoms with Gasteiger partial charge in [0, 0.05) is 5.39 Å². The van der Waals surface area contributed by atoms with Crippen molar-refractivity contribution in [3.8, 4) is 0 Å². The SMILES string of the molecule is NC(CN1C(=O)COCC1=O)c1cc2ccccc2o1. The van der Waals surface area contributed by atoms with Gasteiger partial charge in [-0.3, -0.25) is 14.5 Å². The summed E-state index contributed by atoms with van der Waals surface area (Å²) in [5.74, 6) is -0.182. The zero-order chi connectivity index (χ0) is 14.1. The molecule has 104 valence electrons. The summed E-state index contributed by atoms with van der Waals surface area (Å²) < 4.78 is 10.5. The molecule has 0 spiro atoms. The van der Waals surface area contributed by atoms with Gasteiger partial charge in [-0.2, -0.15) is 0 Å². The highest BCUT2D eigenvalue weighted by molar-refractivity contribution is 5.98. The summed E-state index contributed by atoms with van der Waals surface area (Å²) in [4.78, 5) is 24.4. The van der Waals surface area contributed by atoms with Crippen molar-refractivity contribution in [2.45, 2.75) is 6.04 Å². The van der Waals surface area contributed by atoms with Crippen molar-refractivity contribution in [1.29, 1.82) is 0 Å². The summed E-state index contributed by atoms with van der Waals surface area (Å²) in [6.45, 7) is -0.0714. The van der Waals surface area contributed by atoms with Crippen LogP contribution in [0.4, 0.5) is 0 Å². The number of ether oxygens (including phenoxy) is 1. The Morgan fingerprint density at radius 2 is 1.90 bits per heavy atom. The lowest BCUT2D eigenvalue weighted by Gasteiger charge is -2.26. The van der Waals surface area contributed by atoms with E-state index in [9.17, 15) is 9.59 Å². The number of rotatable bonds is 3. The molecule has 2 heterocycles.